The second-order valence-corrected chi connectivity index (χ2v) is 5.70. The molecule has 0 bridgehead atoms. The zero-order chi connectivity index (χ0) is 19.4. The Morgan fingerprint density at radius 3 is 2.56 bits per heavy atom. The fourth-order valence-corrected chi connectivity index (χ4v) is 2.46. The first-order valence-corrected chi connectivity index (χ1v) is 7.94. The van der Waals surface area contributed by atoms with E-state index in [1.54, 1.807) is 24.4 Å². The van der Waals surface area contributed by atoms with Gasteiger partial charge in [0.05, 0.1) is 10.7 Å². The molecule has 0 aliphatic heterocycles. The van der Waals surface area contributed by atoms with Crippen molar-refractivity contribution >= 4 is 23.2 Å². The lowest BCUT2D eigenvalue weighted by atomic mass is 10.1. The Morgan fingerprint density at radius 2 is 1.89 bits per heavy atom. The van der Waals surface area contributed by atoms with Crippen LogP contribution in [0.2, 0.25) is 5.02 Å². The van der Waals surface area contributed by atoms with Crippen LogP contribution in [0.1, 0.15) is 10.5 Å². The van der Waals surface area contributed by atoms with Gasteiger partial charge in [-0.05, 0) is 36.4 Å². The molecule has 9 heteroatoms. The number of hydrogen-bond donors (Lipinski definition) is 1. The number of halogens is 4. The smallest absolute Gasteiger partial charge is 0.406 e. The highest BCUT2D eigenvalue weighted by Gasteiger charge is 2.31. The molecule has 0 aliphatic rings. The van der Waals surface area contributed by atoms with Crippen LogP contribution >= 0.6 is 11.6 Å². The highest BCUT2D eigenvalue weighted by molar-refractivity contribution is 6.33. The van der Waals surface area contributed by atoms with Gasteiger partial charge in [0.1, 0.15) is 11.4 Å². The van der Waals surface area contributed by atoms with E-state index in [2.05, 4.69) is 20.0 Å². The third-order valence-corrected chi connectivity index (χ3v) is 3.66. The molecule has 1 aromatic carbocycles. The largest absolute Gasteiger partial charge is 0.573 e. The maximum Gasteiger partial charge on any atom is 0.573 e. The van der Waals surface area contributed by atoms with Gasteiger partial charge in [-0.2, -0.15) is 0 Å². The van der Waals surface area contributed by atoms with Gasteiger partial charge >= 0.3 is 6.36 Å². The van der Waals surface area contributed by atoms with Crippen molar-refractivity contribution in [2.24, 2.45) is 0 Å². The average molecular weight is 394 g/mol. The van der Waals surface area contributed by atoms with Gasteiger partial charge in [-0.3, -0.25) is 14.8 Å². The summed E-state index contributed by atoms with van der Waals surface area (Å²) in [4.78, 5) is 20.5. The first kappa shape index (κ1) is 18.7. The maximum absolute atomic E-state index is 12.3. The first-order chi connectivity index (χ1) is 12.8. The van der Waals surface area contributed by atoms with E-state index in [-0.39, 0.29) is 11.4 Å². The lowest BCUT2D eigenvalue weighted by Crippen LogP contribution is -2.17. The Morgan fingerprint density at radius 1 is 1.07 bits per heavy atom. The van der Waals surface area contributed by atoms with Crippen LogP contribution in [0.3, 0.4) is 0 Å². The second-order valence-electron chi connectivity index (χ2n) is 5.30. The van der Waals surface area contributed by atoms with Crippen molar-refractivity contribution in [3.8, 4) is 17.0 Å². The molecule has 2 heterocycles. The number of nitrogens with zero attached hydrogens (tertiary/aromatic N) is 2. The van der Waals surface area contributed by atoms with E-state index in [1.165, 1.54) is 24.4 Å². The van der Waals surface area contributed by atoms with Crippen molar-refractivity contribution in [2.75, 3.05) is 5.32 Å². The van der Waals surface area contributed by atoms with Crippen LogP contribution in [-0.2, 0) is 0 Å². The van der Waals surface area contributed by atoms with Gasteiger partial charge in [0.15, 0.2) is 0 Å². The number of anilines is 1. The Kier molecular flexibility index (Phi) is 5.27. The third kappa shape index (κ3) is 4.95. The molecule has 1 amide bonds. The number of carbonyl (C=O) groups is 1. The topological polar surface area (TPSA) is 64.1 Å². The number of hydrogen-bond acceptors (Lipinski definition) is 4. The fraction of sp³-hybridized carbons (Fsp3) is 0.0556. The predicted octanol–water partition coefficient (Wildman–Crippen LogP) is 4.95. The minimum atomic E-state index is -4.81. The molecule has 2 aromatic heterocycles. The predicted molar refractivity (Wildman–Crippen MR) is 93.6 cm³/mol. The average Bonchev–Trinajstić information content (AvgIpc) is 2.61. The molecule has 3 rings (SSSR count). The molecule has 0 saturated heterocycles. The number of pyridine rings is 2. The Bertz CT molecular complexity index is 963. The zero-order valence-electron chi connectivity index (χ0n) is 13.5. The number of benzene rings is 1. The maximum atomic E-state index is 12.3. The van der Waals surface area contributed by atoms with Gasteiger partial charge in [0.2, 0.25) is 0 Å². The third-order valence-electron chi connectivity index (χ3n) is 3.35. The van der Waals surface area contributed by atoms with Crippen LogP contribution in [0.4, 0.5) is 18.9 Å². The molecule has 0 saturated carbocycles. The van der Waals surface area contributed by atoms with E-state index in [9.17, 15) is 18.0 Å². The summed E-state index contributed by atoms with van der Waals surface area (Å²) < 4.78 is 40.6. The minimum Gasteiger partial charge on any atom is -0.406 e. The first-order valence-electron chi connectivity index (χ1n) is 7.56. The number of rotatable bonds is 4. The van der Waals surface area contributed by atoms with Crippen molar-refractivity contribution in [3.63, 3.8) is 0 Å². The molecule has 3 aromatic rings. The lowest BCUT2D eigenvalue weighted by Gasteiger charge is -2.10. The Balaban J connectivity index is 1.73. The van der Waals surface area contributed by atoms with Gasteiger partial charge in [-0.1, -0.05) is 17.7 Å². The minimum absolute atomic E-state index is 0.0768. The van der Waals surface area contributed by atoms with E-state index >= 15 is 0 Å². The monoisotopic (exact) mass is 393 g/mol. The molecule has 138 valence electrons. The molecule has 0 radical (unpaired) electrons. The molecular weight excluding hydrogens is 383 g/mol. The van der Waals surface area contributed by atoms with Crippen molar-refractivity contribution in [1.29, 1.82) is 0 Å². The van der Waals surface area contributed by atoms with Gasteiger partial charge in [0, 0.05) is 29.7 Å². The van der Waals surface area contributed by atoms with Crippen LogP contribution < -0.4 is 10.1 Å². The molecule has 0 fully saturated rings. The molecule has 0 spiro atoms. The van der Waals surface area contributed by atoms with Crippen molar-refractivity contribution in [2.45, 2.75) is 6.36 Å². The Hall–Kier alpha value is -3.13. The van der Waals surface area contributed by atoms with E-state index in [0.29, 0.717) is 16.3 Å². The summed E-state index contributed by atoms with van der Waals surface area (Å²) in [5, 5.41) is 2.91. The fourth-order valence-electron chi connectivity index (χ4n) is 2.23. The highest BCUT2D eigenvalue weighted by Crippen LogP contribution is 2.26. The number of ether oxygens (including phenoxy) is 1. The van der Waals surface area contributed by atoms with Crippen molar-refractivity contribution < 1.29 is 22.7 Å². The number of amides is 1. The van der Waals surface area contributed by atoms with Gasteiger partial charge < -0.3 is 10.1 Å². The highest BCUT2D eigenvalue weighted by atomic mass is 35.5. The SMILES string of the molecule is O=C(Nc1cccc(OC(F)(F)F)c1)c1ccc(-c2ncccc2Cl)cn1. The van der Waals surface area contributed by atoms with E-state index in [1.807, 2.05) is 0 Å². The second kappa shape index (κ2) is 7.63. The summed E-state index contributed by atoms with van der Waals surface area (Å²) >= 11 is 6.07. The summed E-state index contributed by atoms with van der Waals surface area (Å²) in [6.07, 6.45) is -1.79. The summed E-state index contributed by atoms with van der Waals surface area (Å²) in [5.74, 6) is -1.02. The standard InChI is InChI=1S/C18H11ClF3N3O2/c19-14-5-2-8-23-16(14)11-6-7-15(24-10-11)17(26)25-12-3-1-4-13(9-12)27-18(20,21)22/h1-10H,(H,25,26). The number of aromatic nitrogens is 2. The molecule has 0 aliphatic carbocycles. The summed E-state index contributed by atoms with van der Waals surface area (Å²) in [7, 11) is 0. The van der Waals surface area contributed by atoms with Gasteiger partial charge in [-0.25, -0.2) is 0 Å². The lowest BCUT2D eigenvalue weighted by molar-refractivity contribution is -0.274. The van der Waals surface area contributed by atoms with Crippen LogP contribution in [0.5, 0.6) is 5.75 Å². The molecular formula is C18H11ClF3N3O2. The molecule has 0 unspecified atom stereocenters. The van der Waals surface area contributed by atoms with Crippen molar-refractivity contribution in [1.82, 2.24) is 9.97 Å². The number of carbonyl (C=O) groups excluding carboxylic acids is 1. The van der Waals surface area contributed by atoms with Crippen LogP contribution in [0.15, 0.2) is 60.9 Å². The van der Waals surface area contributed by atoms with Gasteiger partial charge in [-0.15, -0.1) is 13.2 Å². The molecule has 5 nitrogen and oxygen atoms in total. The van der Waals surface area contributed by atoms with E-state index < -0.39 is 18.0 Å². The Labute approximate surface area is 156 Å². The van der Waals surface area contributed by atoms with E-state index in [4.69, 9.17) is 11.6 Å². The zero-order valence-corrected chi connectivity index (χ0v) is 14.3. The van der Waals surface area contributed by atoms with Gasteiger partial charge in [0.25, 0.3) is 5.91 Å². The molecule has 1 N–H and O–H groups in total. The van der Waals surface area contributed by atoms with Crippen LogP contribution in [-0.4, -0.2) is 22.2 Å². The number of alkyl halides is 3. The number of nitrogens with one attached hydrogen (secondary N) is 1. The normalized spacial score (nSPS) is 11.1. The van der Waals surface area contributed by atoms with E-state index in [0.717, 1.165) is 12.1 Å². The molecule has 27 heavy (non-hydrogen) atoms. The van der Waals surface area contributed by atoms with Crippen LogP contribution in [0.25, 0.3) is 11.3 Å². The quantitative estimate of drug-likeness (QED) is 0.681. The van der Waals surface area contributed by atoms with Crippen LogP contribution in [0, 0.1) is 0 Å². The summed E-state index contributed by atoms with van der Waals surface area (Å²) in [6, 6.07) is 11.4. The summed E-state index contributed by atoms with van der Waals surface area (Å²) in [6.45, 7) is 0. The summed E-state index contributed by atoms with van der Waals surface area (Å²) in [5.41, 5.74) is 1.36. The molecule has 0 atom stereocenters. The van der Waals surface area contributed by atoms with Crippen molar-refractivity contribution in [3.05, 3.63) is 71.6 Å².